The Balaban J connectivity index is 1.60. The van der Waals surface area contributed by atoms with Crippen molar-refractivity contribution >= 4 is 40.9 Å². The highest BCUT2D eigenvalue weighted by molar-refractivity contribution is 7.98. The van der Waals surface area contributed by atoms with Gasteiger partial charge in [0.05, 0.1) is 11.1 Å². The monoisotopic (exact) mass is 416 g/mol. The quantitative estimate of drug-likeness (QED) is 0.363. The van der Waals surface area contributed by atoms with Crippen LogP contribution in [0.4, 0.5) is 0 Å². The zero-order valence-corrected chi connectivity index (χ0v) is 16.4. The number of amides is 2. The number of esters is 1. The number of para-hydroxylation sites is 1. The number of benzene rings is 1. The Labute approximate surface area is 168 Å². The maximum absolute atomic E-state index is 12.4. The molecule has 0 aliphatic rings. The Morgan fingerprint density at radius 1 is 1.14 bits per heavy atom. The lowest BCUT2D eigenvalue weighted by molar-refractivity contribution is -0.125. The van der Waals surface area contributed by atoms with Gasteiger partial charge in [0, 0.05) is 5.69 Å². The van der Waals surface area contributed by atoms with E-state index in [1.807, 2.05) is 36.6 Å². The number of nitrogens with zero attached hydrogens (tertiary/aromatic N) is 2. The van der Waals surface area contributed by atoms with Crippen LogP contribution in [0.15, 0.2) is 59.2 Å². The number of hydrogen-bond donors (Lipinski definition) is 2. The number of aromatic nitrogens is 2. The molecule has 0 bridgehead atoms. The predicted molar refractivity (Wildman–Crippen MR) is 106 cm³/mol. The van der Waals surface area contributed by atoms with E-state index in [0.717, 1.165) is 5.69 Å². The minimum absolute atomic E-state index is 0.200. The molecule has 8 nitrogen and oxygen atoms in total. The van der Waals surface area contributed by atoms with Gasteiger partial charge >= 0.3 is 5.97 Å². The van der Waals surface area contributed by atoms with Gasteiger partial charge in [-0.3, -0.25) is 25.0 Å². The number of carbonyl (C=O) groups excluding carboxylic acids is 3. The standard InChI is InChI=1S/C18H16N4O4S2/c1-27-18-19-10-13(22(18)12-6-3-2-4-7-12)17(25)26-11-15(23)20-21-16(24)14-8-5-9-28-14/h2-10H,11H2,1H3,(H,20,23)(H,21,24). The number of ether oxygens (including phenoxy) is 1. The number of thiophene rings is 1. The first-order chi connectivity index (χ1) is 13.6. The molecule has 2 heterocycles. The fourth-order valence-electron chi connectivity index (χ4n) is 2.29. The highest BCUT2D eigenvalue weighted by atomic mass is 32.2. The van der Waals surface area contributed by atoms with Crippen molar-refractivity contribution in [2.24, 2.45) is 0 Å². The Bertz CT molecular complexity index is 971. The van der Waals surface area contributed by atoms with Crippen LogP contribution in [0, 0.1) is 0 Å². The van der Waals surface area contributed by atoms with E-state index in [9.17, 15) is 14.4 Å². The number of rotatable bonds is 6. The van der Waals surface area contributed by atoms with Crippen LogP contribution >= 0.6 is 23.1 Å². The van der Waals surface area contributed by atoms with Gasteiger partial charge in [-0.25, -0.2) is 9.78 Å². The van der Waals surface area contributed by atoms with Crippen molar-refractivity contribution in [1.82, 2.24) is 20.4 Å². The second kappa shape index (κ2) is 9.20. The second-order valence-corrected chi connectivity index (χ2v) is 7.08. The summed E-state index contributed by atoms with van der Waals surface area (Å²) in [4.78, 5) is 40.7. The zero-order chi connectivity index (χ0) is 19.9. The van der Waals surface area contributed by atoms with E-state index >= 15 is 0 Å². The number of imidazole rings is 1. The summed E-state index contributed by atoms with van der Waals surface area (Å²) >= 11 is 2.62. The van der Waals surface area contributed by atoms with Crippen molar-refractivity contribution in [1.29, 1.82) is 0 Å². The SMILES string of the molecule is CSc1ncc(C(=O)OCC(=O)NNC(=O)c2cccs2)n1-c1ccccc1. The first kappa shape index (κ1) is 19.6. The fourth-order valence-corrected chi connectivity index (χ4v) is 3.45. The molecule has 0 fully saturated rings. The van der Waals surface area contributed by atoms with E-state index in [4.69, 9.17) is 4.74 Å². The highest BCUT2D eigenvalue weighted by Crippen LogP contribution is 2.22. The minimum Gasteiger partial charge on any atom is -0.451 e. The van der Waals surface area contributed by atoms with Gasteiger partial charge in [-0.15, -0.1) is 11.3 Å². The van der Waals surface area contributed by atoms with Gasteiger partial charge in [0.15, 0.2) is 17.5 Å². The molecule has 0 aliphatic heterocycles. The van der Waals surface area contributed by atoms with Crippen LogP contribution in [-0.2, 0) is 9.53 Å². The van der Waals surface area contributed by atoms with E-state index < -0.39 is 24.4 Å². The van der Waals surface area contributed by atoms with Crippen molar-refractivity contribution in [2.75, 3.05) is 12.9 Å². The molecule has 2 N–H and O–H groups in total. The molecule has 0 saturated heterocycles. The van der Waals surface area contributed by atoms with Gasteiger partial charge < -0.3 is 4.74 Å². The molecule has 10 heteroatoms. The van der Waals surface area contributed by atoms with Crippen LogP contribution in [0.25, 0.3) is 5.69 Å². The third-order valence-corrected chi connectivity index (χ3v) is 5.05. The van der Waals surface area contributed by atoms with Crippen molar-refractivity contribution in [3.05, 3.63) is 64.6 Å². The lowest BCUT2D eigenvalue weighted by Crippen LogP contribution is -2.43. The highest BCUT2D eigenvalue weighted by Gasteiger charge is 2.20. The topological polar surface area (TPSA) is 102 Å². The van der Waals surface area contributed by atoms with Gasteiger partial charge in [-0.1, -0.05) is 36.0 Å². The molecule has 0 atom stereocenters. The molecule has 144 valence electrons. The predicted octanol–water partition coefficient (Wildman–Crippen LogP) is 2.27. The molecule has 3 aromatic rings. The number of hydrogen-bond acceptors (Lipinski definition) is 7. The lowest BCUT2D eigenvalue weighted by atomic mass is 10.3. The third kappa shape index (κ3) is 4.59. The molecule has 3 rings (SSSR count). The van der Waals surface area contributed by atoms with Gasteiger partial charge in [-0.05, 0) is 29.8 Å². The van der Waals surface area contributed by atoms with Crippen LogP contribution in [0.3, 0.4) is 0 Å². The van der Waals surface area contributed by atoms with Gasteiger partial charge in [0.25, 0.3) is 11.8 Å². The molecule has 2 aromatic heterocycles. The summed E-state index contributed by atoms with van der Waals surface area (Å²) in [6, 6.07) is 12.6. The molecule has 0 aliphatic carbocycles. The Kier molecular flexibility index (Phi) is 6.45. The molecule has 0 radical (unpaired) electrons. The number of nitrogens with one attached hydrogen (secondary N) is 2. The molecular formula is C18H16N4O4S2. The summed E-state index contributed by atoms with van der Waals surface area (Å²) < 4.78 is 6.72. The van der Waals surface area contributed by atoms with E-state index in [2.05, 4.69) is 15.8 Å². The second-order valence-electron chi connectivity index (χ2n) is 5.36. The summed E-state index contributed by atoms with van der Waals surface area (Å²) in [6.07, 6.45) is 3.25. The van der Waals surface area contributed by atoms with E-state index in [-0.39, 0.29) is 5.69 Å². The summed E-state index contributed by atoms with van der Waals surface area (Å²) in [6.45, 7) is -0.544. The summed E-state index contributed by atoms with van der Waals surface area (Å²) in [5.41, 5.74) is 5.42. The zero-order valence-electron chi connectivity index (χ0n) is 14.7. The minimum atomic E-state index is -0.698. The first-order valence-electron chi connectivity index (χ1n) is 8.07. The largest absolute Gasteiger partial charge is 0.451 e. The number of hydrazine groups is 1. The molecule has 28 heavy (non-hydrogen) atoms. The maximum atomic E-state index is 12.4. The smallest absolute Gasteiger partial charge is 0.357 e. The maximum Gasteiger partial charge on any atom is 0.357 e. The van der Waals surface area contributed by atoms with Crippen molar-refractivity contribution in [3.63, 3.8) is 0 Å². The van der Waals surface area contributed by atoms with Crippen LogP contribution in [-0.4, -0.2) is 40.2 Å². The van der Waals surface area contributed by atoms with E-state index in [0.29, 0.717) is 10.0 Å². The van der Waals surface area contributed by atoms with Crippen LogP contribution in [0.5, 0.6) is 0 Å². The Morgan fingerprint density at radius 3 is 2.61 bits per heavy atom. The molecule has 0 saturated carbocycles. The van der Waals surface area contributed by atoms with Crippen LogP contribution in [0.2, 0.25) is 0 Å². The van der Waals surface area contributed by atoms with E-state index in [1.165, 1.54) is 29.3 Å². The number of carbonyl (C=O) groups is 3. The van der Waals surface area contributed by atoms with Gasteiger partial charge in [0.1, 0.15) is 0 Å². The van der Waals surface area contributed by atoms with Crippen molar-refractivity contribution in [3.8, 4) is 5.69 Å². The summed E-state index contributed by atoms with van der Waals surface area (Å²) in [5.74, 6) is -1.80. The fraction of sp³-hybridized carbons (Fsp3) is 0.111. The normalized spacial score (nSPS) is 10.3. The summed E-state index contributed by atoms with van der Waals surface area (Å²) in [5, 5.41) is 2.36. The van der Waals surface area contributed by atoms with Gasteiger partial charge in [0.2, 0.25) is 0 Å². The molecular weight excluding hydrogens is 400 g/mol. The molecule has 2 amide bonds. The average molecular weight is 416 g/mol. The van der Waals surface area contributed by atoms with Crippen LogP contribution in [0.1, 0.15) is 20.2 Å². The van der Waals surface area contributed by atoms with Crippen LogP contribution < -0.4 is 10.9 Å². The third-order valence-electron chi connectivity index (χ3n) is 3.53. The molecule has 1 aromatic carbocycles. The average Bonchev–Trinajstić information content (AvgIpc) is 3.40. The van der Waals surface area contributed by atoms with Crippen molar-refractivity contribution in [2.45, 2.75) is 5.16 Å². The van der Waals surface area contributed by atoms with E-state index in [1.54, 1.807) is 22.1 Å². The Hall–Kier alpha value is -3.11. The Morgan fingerprint density at radius 2 is 1.93 bits per heavy atom. The lowest BCUT2D eigenvalue weighted by Gasteiger charge is -2.11. The van der Waals surface area contributed by atoms with Gasteiger partial charge in [-0.2, -0.15) is 0 Å². The molecule has 0 unspecified atom stereocenters. The van der Waals surface area contributed by atoms with Crippen molar-refractivity contribution < 1.29 is 19.1 Å². The first-order valence-corrected chi connectivity index (χ1v) is 10.2. The number of thioether (sulfide) groups is 1. The summed E-state index contributed by atoms with van der Waals surface area (Å²) in [7, 11) is 0. The molecule has 0 spiro atoms.